The lowest BCUT2D eigenvalue weighted by molar-refractivity contribution is -0.0632. The summed E-state index contributed by atoms with van der Waals surface area (Å²) in [5.74, 6) is 0. The third kappa shape index (κ3) is 3.25. The maximum atomic E-state index is 6.54. The van der Waals surface area contributed by atoms with Gasteiger partial charge in [0.05, 0.1) is 11.1 Å². The number of nitrogens with two attached hydrogens (primary N) is 1. The molecule has 0 saturated carbocycles. The van der Waals surface area contributed by atoms with E-state index in [1.54, 1.807) is 0 Å². The van der Waals surface area contributed by atoms with Crippen molar-refractivity contribution in [2.75, 3.05) is 6.61 Å². The van der Waals surface area contributed by atoms with Crippen molar-refractivity contribution in [2.45, 2.75) is 51.7 Å². The summed E-state index contributed by atoms with van der Waals surface area (Å²) >= 11 is 0. The second-order valence-corrected chi connectivity index (χ2v) is 5.50. The van der Waals surface area contributed by atoms with E-state index in [1.807, 2.05) is 25.3 Å². The first-order valence-electron chi connectivity index (χ1n) is 7.89. The van der Waals surface area contributed by atoms with E-state index in [0.29, 0.717) is 6.61 Å². The van der Waals surface area contributed by atoms with Crippen molar-refractivity contribution in [3.05, 3.63) is 42.1 Å². The lowest BCUT2D eigenvalue weighted by atomic mass is 9.84. The molecule has 2 aromatic rings. The Labute approximate surface area is 127 Å². The molecule has 0 aliphatic heterocycles. The average Bonchev–Trinajstić information content (AvgIpc) is 2.53. The number of nitrogens with zero attached hydrogens (tertiary/aromatic N) is 1. The van der Waals surface area contributed by atoms with Crippen LogP contribution < -0.4 is 5.73 Å². The van der Waals surface area contributed by atoms with E-state index in [-0.39, 0.29) is 11.6 Å². The number of fused-ring (bicyclic) bond motifs is 1. The molecule has 0 spiro atoms. The lowest BCUT2D eigenvalue weighted by Gasteiger charge is -2.37. The smallest absolute Gasteiger partial charge is 0.0830 e. The molecule has 1 aromatic carbocycles. The number of para-hydroxylation sites is 1. The monoisotopic (exact) mass is 286 g/mol. The zero-order chi connectivity index (χ0) is 15.3. The highest BCUT2D eigenvalue weighted by Gasteiger charge is 2.34. The quantitative estimate of drug-likeness (QED) is 0.844. The van der Waals surface area contributed by atoms with Gasteiger partial charge in [-0.3, -0.25) is 4.98 Å². The van der Waals surface area contributed by atoms with E-state index in [1.165, 1.54) is 10.9 Å². The molecule has 21 heavy (non-hydrogen) atoms. The minimum absolute atomic E-state index is 0.0155. The summed E-state index contributed by atoms with van der Waals surface area (Å²) in [4.78, 5) is 4.42. The molecule has 0 saturated heterocycles. The van der Waals surface area contributed by atoms with Crippen LogP contribution in [0, 0.1) is 0 Å². The van der Waals surface area contributed by atoms with E-state index < -0.39 is 0 Å². The maximum Gasteiger partial charge on any atom is 0.0830 e. The molecule has 0 amide bonds. The summed E-state index contributed by atoms with van der Waals surface area (Å²) in [6.45, 7) is 7.05. The van der Waals surface area contributed by atoms with Crippen LogP contribution in [0.3, 0.4) is 0 Å². The van der Waals surface area contributed by atoms with Crippen molar-refractivity contribution in [2.24, 2.45) is 5.73 Å². The molecule has 2 rings (SSSR count). The highest BCUT2D eigenvalue weighted by Crippen LogP contribution is 2.27. The Hall–Kier alpha value is -1.45. The van der Waals surface area contributed by atoms with Crippen molar-refractivity contribution >= 4 is 10.9 Å². The molecule has 1 atom stereocenters. The maximum absolute atomic E-state index is 6.54. The molecular formula is C18H26N2O. The minimum Gasteiger partial charge on any atom is -0.374 e. The van der Waals surface area contributed by atoms with Crippen LogP contribution in [0.15, 0.2) is 36.5 Å². The number of ether oxygens (including phenoxy) is 1. The summed E-state index contributed by atoms with van der Waals surface area (Å²) in [6.07, 6.45) is 4.54. The Morgan fingerprint density at radius 3 is 2.52 bits per heavy atom. The van der Waals surface area contributed by atoms with Crippen LogP contribution in [0.25, 0.3) is 10.9 Å². The summed E-state index contributed by atoms with van der Waals surface area (Å²) in [7, 11) is 0. The molecule has 0 radical (unpaired) electrons. The first-order chi connectivity index (χ1) is 10.2. The zero-order valence-electron chi connectivity index (χ0n) is 13.3. The number of pyridine rings is 1. The van der Waals surface area contributed by atoms with Crippen LogP contribution in [-0.2, 0) is 11.2 Å². The molecule has 0 aliphatic carbocycles. The van der Waals surface area contributed by atoms with Gasteiger partial charge in [0.15, 0.2) is 0 Å². The number of aromatic nitrogens is 1. The predicted octanol–water partition coefficient (Wildman–Crippen LogP) is 3.70. The predicted molar refractivity (Wildman–Crippen MR) is 88.4 cm³/mol. The summed E-state index contributed by atoms with van der Waals surface area (Å²) < 4.78 is 6.03. The number of hydrogen-bond acceptors (Lipinski definition) is 3. The van der Waals surface area contributed by atoms with Gasteiger partial charge in [0.1, 0.15) is 0 Å². The van der Waals surface area contributed by atoms with Crippen molar-refractivity contribution in [1.29, 1.82) is 0 Å². The standard InChI is InChI=1S/C18H26N2O/c1-4-18(5-2,21-6-3)17(19)13-14-11-12-20-16-10-8-7-9-15(14)16/h7-12,17H,4-6,13,19H2,1-3H3. The molecule has 0 fully saturated rings. The molecule has 2 N–H and O–H groups in total. The molecule has 0 aliphatic rings. The van der Waals surface area contributed by atoms with Gasteiger partial charge in [-0.05, 0) is 43.9 Å². The summed E-state index contributed by atoms with van der Waals surface area (Å²) in [5, 5.41) is 1.19. The highest BCUT2D eigenvalue weighted by molar-refractivity contribution is 5.81. The first kappa shape index (κ1) is 15.9. The van der Waals surface area contributed by atoms with Gasteiger partial charge in [0.2, 0.25) is 0 Å². The van der Waals surface area contributed by atoms with E-state index in [4.69, 9.17) is 10.5 Å². The van der Waals surface area contributed by atoms with E-state index in [0.717, 1.165) is 24.8 Å². The van der Waals surface area contributed by atoms with Crippen molar-refractivity contribution in [1.82, 2.24) is 4.98 Å². The molecule has 1 heterocycles. The molecular weight excluding hydrogens is 260 g/mol. The Kier molecular flexibility index (Phi) is 5.32. The molecule has 1 unspecified atom stereocenters. The van der Waals surface area contributed by atoms with E-state index in [9.17, 15) is 0 Å². The van der Waals surface area contributed by atoms with Crippen LogP contribution in [0.2, 0.25) is 0 Å². The fraction of sp³-hybridized carbons (Fsp3) is 0.500. The van der Waals surface area contributed by atoms with Gasteiger partial charge >= 0.3 is 0 Å². The SMILES string of the molecule is CCOC(CC)(CC)C(N)Cc1ccnc2ccccc12. The number of rotatable bonds is 7. The Morgan fingerprint density at radius 1 is 1.14 bits per heavy atom. The molecule has 3 heteroatoms. The number of hydrogen-bond donors (Lipinski definition) is 1. The lowest BCUT2D eigenvalue weighted by Crippen LogP contribution is -2.50. The number of benzene rings is 1. The second kappa shape index (κ2) is 7.01. The Bertz CT molecular complexity index is 573. The third-order valence-corrected chi connectivity index (χ3v) is 4.48. The fourth-order valence-corrected chi connectivity index (χ4v) is 3.13. The van der Waals surface area contributed by atoms with Crippen LogP contribution in [0.5, 0.6) is 0 Å². The Balaban J connectivity index is 2.30. The largest absolute Gasteiger partial charge is 0.374 e. The zero-order valence-corrected chi connectivity index (χ0v) is 13.3. The van der Waals surface area contributed by atoms with Crippen molar-refractivity contribution in [3.8, 4) is 0 Å². The van der Waals surface area contributed by atoms with Crippen LogP contribution in [0.4, 0.5) is 0 Å². The molecule has 114 valence electrons. The van der Waals surface area contributed by atoms with Crippen LogP contribution >= 0.6 is 0 Å². The van der Waals surface area contributed by atoms with Gasteiger partial charge in [0.25, 0.3) is 0 Å². The third-order valence-electron chi connectivity index (χ3n) is 4.48. The van der Waals surface area contributed by atoms with Crippen molar-refractivity contribution in [3.63, 3.8) is 0 Å². The van der Waals surface area contributed by atoms with Gasteiger partial charge in [0, 0.05) is 24.2 Å². The Morgan fingerprint density at radius 2 is 1.86 bits per heavy atom. The summed E-state index contributed by atoms with van der Waals surface area (Å²) in [5.41, 5.74) is 8.58. The van der Waals surface area contributed by atoms with Gasteiger partial charge in [-0.15, -0.1) is 0 Å². The fourth-order valence-electron chi connectivity index (χ4n) is 3.13. The highest BCUT2D eigenvalue weighted by atomic mass is 16.5. The molecule has 0 bridgehead atoms. The molecule has 3 nitrogen and oxygen atoms in total. The van der Waals surface area contributed by atoms with Gasteiger partial charge in [-0.25, -0.2) is 0 Å². The molecule has 1 aromatic heterocycles. The van der Waals surface area contributed by atoms with E-state index >= 15 is 0 Å². The minimum atomic E-state index is -0.237. The van der Waals surface area contributed by atoms with Crippen LogP contribution in [-0.4, -0.2) is 23.2 Å². The normalized spacial score (nSPS) is 13.5. The summed E-state index contributed by atoms with van der Waals surface area (Å²) in [6, 6.07) is 10.3. The van der Waals surface area contributed by atoms with Crippen LogP contribution in [0.1, 0.15) is 39.2 Å². The second-order valence-electron chi connectivity index (χ2n) is 5.50. The van der Waals surface area contributed by atoms with Gasteiger partial charge < -0.3 is 10.5 Å². The topological polar surface area (TPSA) is 48.1 Å². The van der Waals surface area contributed by atoms with E-state index in [2.05, 4.69) is 37.0 Å². The van der Waals surface area contributed by atoms with Crippen molar-refractivity contribution < 1.29 is 4.74 Å². The first-order valence-corrected chi connectivity index (χ1v) is 7.89. The van der Waals surface area contributed by atoms with Gasteiger partial charge in [-0.2, -0.15) is 0 Å². The average molecular weight is 286 g/mol. The van der Waals surface area contributed by atoms with Gasteiger partial charge in [-0.1, -0.05) is 32.0 Å².